The van der Waals surface area contributed by atoms with E-state index < -0.39 is 0 Å². The Balaban J connectivity index is 2.52. The Labute approximate surface area is 130 Å². The largest absolute Gasteiger partial charge is 0.245 e. The SMILES string of the molecule is CC/C=C/c1ccc(N(C)OS)cc1-c1ccc(F)cc1. The number of rotatable bonds is 5. The zero-order valence-electron chi connectivity index (χ0n) is 12.1. The van der Waals surface area contributed by atoms with Crippen molar-refractivity contribution >= 4 is 24.7 Å². The molecule has 2 rings (SSSR count). The quantitative estimate of drug-likeness (QED) is 0.467. The first kappa shape index (κ1) is 15.6. The molecule has 2 nitrogen and oxygen atoms in total. The van der Waals surface area contributed by atoms with Crippen LogP contribution < -0.4 is 5.06 Å². The molecule has 0 saturated carbocycles. The van der Waals surface area contributed by atoms with Gasteiger partial charge in [-0.1, -0.05) is 37.3 Å². The Morgan fingerprint density at radius 1 is 1.19 bits per heavy atom. The number of halogens is 1. The molecule has 0 amide bonds. The molecule has 0 bridgehead atoms. The molecule has 4 heteroatoms. The summed E-state index contributed by atoms with van der Waals surface area (Å²) in [5.74, 6) is -0.239. The first-order valence-electron chi connectivity index (χ1n) is 6.77. The number of hydroxylamine groups is 1. The molecular weight excluding hydrogens is 285 g/mol. The number of nitrogens with zero attached hydrogens (tertiary/aromatic N) is 1. The summed E-state index contributed by atoms with van der Waals surface area (Å²) in [5, 5.41) is 1.56. The molecule has 2 aromatic rings. The minimum atomic E-state index is -0.239. The van der Waals surface area contributed by atoms with Crippen LogP contribution in [0.25, 0.3) is 17.2 Å². The van der Waals surface area contributed by atoms with Gasteiger partial charge in [-0.3, -0.25) is 0 Å². The van der Waals surface area contributed by atoms with E-state index in [0.29, 0.717) is 0 Å². The summed E-state index contributed by atoms with van der Waals surface area (Å²) < 4.78 is 18.0. The molecule has 2 aromatic carbocycles. The fourth-order valence-electron chi connectivity index (χ4n) is 2.06. The molecule has 0 heterocycles. The lowest BCUT2D eigenvalue weighted by molar-refractivity contribution is 0.367. The molecule has 0 N–H and O–H groups in total. The number of thiol groups is 1. The summed E-state index contributed by atoms with van der Waals surface area (Å²) in [6.07, 6.45) is 5.13. The monoisotopic (exact) mass is 303 g/mol. The number of hydrogen-bond acceptors (Lipinski definition) is 3. The molecule has 0 unspecified atom stereocenters. The molecule has 0 aliphatic rings. The van der Waals surface area contributed by atoms with Crippen molar-refractivity contribution in [3.63, 3.8) is 0 Å². The normalized spacial score (nSPS) is 11.0. The molecular formula is C17H18FNOS. The predicted molar refractivity (Wildman–Crippen MR) is 89.6 cm³/mol. The van der Waals surface area contributed by atoms with Crippen LogP contribution in [0, 0.1) is 5.82 Å². The standard InChI is InChI=1S/C17H18FNOS/c1-3-4-5-13-8-11-16(19(2)20-21)12-17(13)14-6-9-15(18)10-7-14/h4-12,21H,3H2,1-2H3/b5-4+. The maximum atomic E-state index is 13.1. The molecule has 110 valence electrons. The zero-order chi connectivity index (χ0) is 15.2. The summed E-state index contributed by atoms with van der Waals surface area (Å²) in [7, 11) is 1.78. The Bertz CT molecular complexity index is 625. The highest BCUT2D eigenvalue weighted by Crippen LogP contribution is 2.30. The van der Waals surface area contributed by atoms with Gasteiger partial charge in [-0.15, -0.1) is 0 Å². The van der Waals surface area contributed by atoms with Gasteiger partial charge in [0.05, 0.1) is 5.69 Å². The molecule has 0 fully saturated rings. The van der Waals surface area contributed by atoms with Crippen molar-refractivity contribution in [2.45, 2.75) is 13.3 Å². The minimum Gasteiger partial charge on any atom is -0.245 e. The summed E-state index contributed by atoms with van der Waals surface area (Å²) in [6.45, 7) is 2.09. The van der Waals surface area contributed by atoms with Gasteiger partial charge in [-0.05, 0) is 47.4 Å². The van der Waals surface area contributed by atoms with Crippen LogP contribution >= 0.6 is 12.9 Å². The number of benzene rings is 2. The Morgan fingerprint density at radius 3 is 2.52 bits per heavy atom. The van der Waals surface area contributed by atoms with E-state index in [0.717, 1.165) is 28.8 Å². The van der Waals surface area contributed by atoms with Gasteiger partial charge < -0.3 is 0 Å². The van der Waals surface area contributed by atoms with Gasteiger partial charge in [0, 0.05) is 20.0 Å². The Morgan fingerprint density at radius 2 is 1.90 bits per heavy atom. The second-order valence-corrected chi connectivity index (χ2v) is 4.83. The number of anilines is 1. The van der Waals surface area contributed by atoms with E-state index in [1.165, 1.54) is 12.1 Å². The van der Waals surface area contributed by atoms with E-state index in [-0.39, 0.29) is 5.82 Å². The third-order valence-electron chi connectivity index (χ3n) is 3.21. The van der Waals surface area contributed by atoms with Crippen molar-refractivity contribution in [1.82, 2.24) is 0 Å². The highest BCUT2D eigenvalue weighted by molar-refractivity contribution is 7.75. The smallest absolute Gasteiger partial charge is 0.123 e. The Hall–Kier alpha value is -1.78. The van der Waals surface area contributed by atoms with Gasteiger partial charge in [-0.2, -0.15) is 0 Å². The molecule has 0 radical (unpaired) electrons. The van der Waals surface area contributed by atoms with Gasteiger partial charge in [0.15, 0.2) is 0 Å². The van der Waals surface area contributed by atoms with E-state index in [1.54, 1.807) is 24.2 Å². The number of allylic oxidation sites excluding steroid dienone is 1. The fourth-order valence-corrected chi connectivity index (χ4v) is 2.15. The molecule has 0 aliphatic carbocycles. The van der Waals surface area contributed by atoms with E-state index in [4.69, 9.17) is 4.28 Å². The molecule has 0 aliphatic heterocycles. The van der Waals surface area contributed by atoms with Gasteiger partial charge >= 0.3 is 0 Å². The molecule has 21 heavy (non-hydrogen) atoms. The third kappa shape index (κ3) is 3.86. The van der Waals surface area contributed by atoms with Crippen molar-refractivity contribution < 1.29 is 8.67 Å². The highest BCUT2D eigenvalue weighted by Gasteiger charge is 2.08. The van der Waals surface area contributed by atoms with Crippen molar-refractivity contribution in [3.8, 4) is 11.1 Å². The van der Waals surface area contributed by atoms with Gasteiger partial charge in [0.2, 0.25) is 0 Å². The van der Waals surface area contributed by atoms with Gasteiger partial charge in [0.1, 0.15) is 5.82 Å². The van der Waals surface area contributed by atoms with Crippen LogP contribution in [0.3, 0.4) is 0 Å². The topological polar surface area (TPSA) is 12.5 Å². The summed E-state index contributed by atoms with van der Waals surface area (Å²) in [5.41, 5.74) is 3.94. The Kier molecular flexibility index (Phi) is 5.42. The summed E-state index contributed by atoms with van der Waals surface area (Å²) in [6, 6.07) is 12.5. The number of hydrogen-bond donors (Lipinski definition) is 1. The lowest BCUT2D eigenvalue weighted by atomic mass is 9.98. The van der Waals surface area contributed by atoms with Crippen molar-refractivity contribution in [2.75, 3.05) is 12.1 Å². The van der Waals surface area contributed by atoms with Crippen LogP contribution in [0.2, 0.25) is 0 Å². The van der Waals surface area contributed by atoms with Gasteiger partial charge in [-0.25, -0.2) is 13.7 Å². The van der Waals surface area contributed by atoms with Crippen molar-refractivity contribution in [3.05, 3.63) is 59.9 Å². The van der Waals surface area contributed by atoms with Crippen molar-refractivity contribution in [2.24, 2.45) is 0 Å². The lowest BCUT2D eigenvalue weighted by Crippen LogP contribution is -2.11. The highest BCUT2D eigenvalue weighted by atomic mass is 32.1. The second-order valence-electron chi connectivity index (χ2n) is 4.67. The summed E-state index contributed by atoms with van der Waals surface area (Å²) >= 11 is 3.81. The first-order chi connectivity index (χ1) is 10.2. The lowest BCUT2D eigenvalue weighted by Gasteiger charge is -2.17. The third-order valence-corrected chi connectivity index (χ3v) is 3.46. The molecule has 0 saturated heterocycles. The predicted octanol–water partition coefficient (Wildman–Crippen LogP) is 5.13. The first-order valence-corrected chi connectivity index (χ1v) is 7.14. The second kappa shape index (κ2) is 7.29. The van der Waals surface area contributed by atoms with Crippen molar-refractivity contribution in [1.29, 1.82) is 0 Å². The average Bonchev–Trinajstić information content (AvgIpc) is 2.53. The maximum Gasteiger partial charge on any atom is 0.123 e. The minimum absolute atomic E-state index is 0.239. The van der Waals surface area contributed by atoms with E-state index in [9.17, 15) is 4.39 Å². The van der Waals surface area contributed by atoms with Crippen LogP contribution in [0.1, 0.15) is 18.9 Å². The fraction of sp³-hybridized carbons (Fsp3) is 0.176. The van der Waals surface area contributed by atoms with Crippen LogP contribution in [-0.2, 0) is 4.28 Å². The van der Waals surface area contributed by atoms with E-state index in [1.807, 2.05) is 18.2 Å². The zero-order valence-corrected chi connectivity index (χ0v) is 13.0. The molecule has 0 aromatic heterocycles. The van der Waals surface area contributed by atoms with Gasteiger partial charge in [0.25, 0.3) is 0 Å². The van der Waals surface area contributed by atoms with Crippen LogP contribution in [0.15, 0.2) is 48.5 Å². The van der Waals surface area contributed by atoms with E-state index in [2.05, 4.69) is 32.0 Å². The van der Waals surface area contributed by atoms with Crippen LogP contribution in [0.5, 0.6) is 0 Å². The van der Waals surface area contributed by atoms with Crippen LogP contribution in [0.4, 0.5) is 10.1 Å². The summed E-state index contributed by atoms with van der Waals surface area (Å²) in [4.78, 5) is 0. The molecule has 0 atom stereocenters. The van der Waals surface area contributed by atoms with Crippen LogP contribution in [-0.4, -0.2) is 7.05 Å². The average molecular weight is 303 g/mol. The maximum absolute atomic E-state index is 13.1. The van der Waals surface area contributed by atoms with E-state index >= 15 is 0 Å². The molecule has 0 spiro atoms.